The normalized spacial score (nSPS) is 12.7. The monoisotopic (exact) mass is 247 g/mol. The molecular formula is C14H17NO3. The summed E-state index contributed by atoms with van der Waals surface area (Å²) in [6.45, 7) is 3.87. The Kier molecular flexibility index (Phi) is 3.39. The number of aliphatic hydroxyl groups is 1. The Balaban J connectivity index is 2.58. The molecule has 0 fully saturated rings. The molecule has 1 aromatic carbocycles. The first-order valence-electron chi connectivity index (χ1n) is 5.87. The standard InChI is InChI=1S/C14H17NO3/c1-9-4-5-11-12(10(2)16)7-15(13(11)6-9)8-14(17)18-3/h4-7,10,16H,8H2,1-3H3. The van der Waals surface area contributed by atoms with Gasteiger partial charge in [-0.05, 0) is 25.5 Å². The van der Waals surface area contributed by atoms with Crippen molar-refractivity contribution in [1.29, 1.82) is 0 Å². The van der Waals surface area contributed by atoms with E-state index in [0.29, 0.717) is 0 Å². The van der Waals surface area contributed by atoms with Gasteiger partial charge in [-0.3, -0.25) is 4.79 Å². The number of aliphatic hydroxyl groups excluding tert-OH is 1. The lowest BCUT2D eigenvalue weighted by Gasteiger charge is -2.03. The number of ether oxygens (including phenoxy) is 1. The first-order chi connectivity index (χ1) is 8.52. The summed E-state index contributed by atoms with van der Waals surface area (Å²) < 4.78 is 6.50. The molecule has 0 amide bonds. The van der Waals surface area contributed by atoms with Crippen LogP contribution in [0, 0.1) is 6.92 Å². The van der Waals surface area contributed by atoms with Gasteiger partial charge in [-0.25, -0.2) is 0 Å². The SMILES string of the molecule is COC(=O)Cn1cc(C(C)O)c2ccc(C)cc21. The molecule has 1 unspecified atom stereocenters. The molecule has 1 N–H and O–H groups in total. The summed E-state index contributed by atoms with van der Waals surface area (Å²) in [5.74, 6) is -0.300. The molecule has 0 bridgehead atoms. The Morgan fingerprint density at radius 1 is 1.50 bits per heavy atom. The second-order valence-electron chi connectivity index (χ2n) is 4.49. The smallest absolute Gasteiger partial charge is 0.325 e. The molecule has 1 aromatic heterocycles. The highest BCUT2D eigenvalue weighted by Crippen LogP contribution is 2.27. The van der Waals surface area contributed by atoms with Crippen molar-refractivity contribution in [2.24, 2.45) is 0 Å². The molecule has 0 aliphatic heterocycles. The van der Waals surface area contributed by atoms with E-state index < -0.39 is 6.10 Å². The number of aromatic nitrogens is 1. The van der Waals surface area contributed by atoms with Gasteiger partial charge in [0, 0.05) is 22.7 Å². The van der Waals surface area contributed by atoms with Gasteiger partial charge in [-0.15, -0.1) is 0 Å². The average molecular weight is 247 g/mol. The van der Waals surface area contributed by atoms with E-state index in [-0.39, 0.29) is 12.5 Å². The number of hydrogen-bond donors (Lipinski definition) is 1. The van der Waals surface area contributed by atoms with Crippen LogP contribution in [0.2, 0.25) is 0 Å². The van der Waals surface area contributed by atoms with Gasteiger partial charge < -0.3 is 14.4 Å². The molecule has 4 heteroatoms. The highest BCUT2D eigenvalue weighted by atomic mass is 16.5. The van der Waals surface area contributed by atoms with E-state index >= 15 is 0 Å². The molecular weight excluding hydrogens is 230 g/mol. The van der Waals surface area contributed by atoms with E-state index in [2.05, 4.69) is 4.74 Å². The lowest BCUT2D eigenvalue weighted by atomic mass is 10.1. The zero-order valence-corrected chi connectivity index (χ0v) is 10.8. The van der Waals surface area contributed by atoms with E-state index in [1.54, 1.807) is 6.92 Å². The van der Waals surface area contributed by atoms with E-state index in [0.717, 1.165) is 22.0 Å². The van der Waals surface area contributed by atoms with Crippen molar-refractivity contribution in [2.75, 3.05) is 7.11 Å². The number of methoxy groups -OCH3 is 1. The maximum absolute atomic E-state index is 11.4. The van der Waals surface area contributed by atoms with E-state index in [4.69, 9.17) is 0 Å². The second-order valence-corrected chi connectivity index (χ2v) is 4.49. The van der Waals surface area contributed by atoms with Crippen LogP contribution in [0.3, 0.4) is 0 Å². The number of aryl methyl sites for hydroxylation is 1. The van der Waals surface area contributed by atoms with Gasteiger partial charge in [0.1, 0.15) is 6.54 Å². The fourth-order valence-electron chi connectivity index (χ4n) is 2.10. The molecule has 2 aromatic rings. The number of benzene rings is 1. The molecule has 0 saturated carbocycles. The fraction of sp³-hybridized carbons (Fsp3) is 0.357. The third-order valence-corrected chi connectivity index (χ3v) is 3.05. The number of fused-ring (bicyclic) bond motifs is 1. The number of hydrogen-bond acceptors (Lipinski definition) is 3. The van der Waals surface area contributed by atoms with Gasteiger partial charge in [0.25, 0.3) is 0 Å². The summed E-state index contributed by atoms with van der Waals surface area (Å²) in [5.41, 5.74) is 2.88. The van der Waals surface area contributed by atoms with Gasteiger partial charge in [0.2, 0.25) is 0 Å². The molecule has 1 atom stereocenters. The van der Waals surface area contributed by atoms with E-state index in [9.17, 15) is 9.90 Å². The van der Waals surface area contributed by atoms with Crippen molar-refractivity contribution in [3.63, 3.8) is 0 Å². The van der Waals surface area contributed by atoms with Crippen LogP contribution < -0.4 is 0 Å². The maximum Gasteiger partial charge on any atom is 0.325 e. The third kappa shape index (κ3) is 2.24. The molecule has 0 aliphatic carbocycles. The van der Waals surface area contributed by atoms with Gasteiger partial charge >= 0.3 is 5.97 Å². The van der Waals surface area contributed by atoms with Crippen molar-refractivity contribution >= 4 is 16.9 Å². The van der Waals surface area contributed by atoms with Crippen LogP contribution in [0.1, 0.15) is 24.2 Å². The Labute approximate surface area is 106 Å². The minimum Gasteiger partial charge on any atom is -0.468 e. The number of carbonyl (C=O) groups excluding carboxylic acids is 1. The molecule has 2 rings (SSSR count). The molecule has 0 spiro atoms. The summed E-state index contributed by atoms with van der Waals surface area (Å²) in [5, 5.41) is 10.7. The molecule has 0 aliphatic rings. The van der Waals surface area contributed by atoms with Crippen LogP contribution in [-0.4, -0.2) is 22.8 Å². The van der Waals surface area contributed by atoms with E-state index in [1.165, 1.54) is 7.11 Å². The second kappa shape index (κ2) is 4.82. The first kappa shape index (κ1) is 12.6. The van der Waals surface area contributed by atoms with Gasteiger partial charge in [-0.1, -0.05) is 12.1 Å². The molecule has 96 valence electrons. The molecule has 1 heterocycles. The molecule has 4 nitrogen and oxygen atoms in total. The largest absolute Gasteiger partial charge is 0.468 e. The zero-order valence-electron chi connectivity index (χ0n) is 10.8. The van der Waals surface area contributed by atoms with Gasteiger partial charge in [-0.2, -0.15) is 0 Å². The Hall–Kier alpha value is -1.81. The molecule has 18 heavy (non-hydrogen) atoms. The van der Waals surface area contributed by atoms with Gasteiger partial charge in [0.05, 0.1) is 13.2 Å². The van der Waals surface area contributed by atoms with Crippen molar-refractivity contribution in [1.82, 2.24) is 4.57 Å². The minimum absolute atomic E-state index is 0.156. The van der Waals surface area contributed by atoms with Crippen LogP contribution in [0.5, 0.6) is 0 Å². The number of esters is 1. The fourth-order valence-corrected chi connectivity index (χ4v) is 2.10. The quantitative estimate of drug-likeness (QED) is 0.846. The summed E-state index contributed by atoms with van der Waals surface area (Å²) in [6.07, 6.45) is 1.25. The van der Waals surface area contributed by atoms with Crippen molar-refractivity contribution < 1.29 is 14.6 Å². The third-order valence-electron chi connectivity index (χ3n) is 3.05. The van der Waals surface area contributed by atoms with E-state index in [1.807, 2.05) is 35.9 Å². The Bertz CT molecular complexity index is 584. The predicted molar refractivity (Wildman–Crippen MR) is 69.3 cm³/mol. The summed E-state index contributed by atoms with van der Waals surface area (Å²) in [4.78, 5) is 11.4. The van der Waals surface area contributed by atoms with Crippen molar-refractivity contribution in [3.05, 3.63) is 35.5 Å². The molecule has 0 radical (unpaired) electrons. The Morgan fingerprint density at radius 3 is 2.83 bits per heavy atom. The molecule has 0 saturated heterocycles. The van der Waals surface area contributed by atoms with Gasteiger partial charge in [0.15, 0.2) is 0 Å². The Morgan fingerprint density at radius 2 is 2.22 bits per heavy atom. The maximum atomic E-state index is 11.4. The topological polar surface area (TPSA) is 51.5 Å². The minimum atomic E-state index is -0.561. The van der Waals surface area contributed by atoms with Crippen LogP contribution in [-0.2, 0) is 16.1 Å². The first-order valence-corrected chi connectivity index (χ1v) is 5.87. The van der Waals surface area contributed by atoms with Crippen LogP contribution in [0.15, 0.2) is 24.4 Å². The average Bonchev–Trinajstić information content (AvgIpc) is 2.67. The van der Waals surface area contributed by atoms with Crippen LogP contribution in [0.25, 0.3) is 10.9 Å². The highest BCUT2D eigenvalue weighted by molar-refractivity contribution is 5.86. The lowest BCUT2D eigenvalue weighted by molar-refractivity contribution is -0.141. The van der Waals surface area contributed by atoms with Crippen LogP contribution >= 0.6 is 0 Å². The number of rotatable bonds is 3. The van der Waals surface area contributed by atoms with Crippen molar-refractivity contribution in [2.45, 2.75) is 26.5 Å². The number of carbonyl (C=O) groups is 1. The summed E-state index contributed by atoms with van der Waals surface area (Å²) >= 11 is 0. The lowest BCUT2D eigenvalue weighted by Crippen LogP contribution is -2.10. The van der Waals surface area contributed by atoms with Crippen LogP contribution in [0.4, 0.5) is 0 Å². The van der Waals surface area contributed by atoms with Crippen molar-refractivity contribution in [3.8, 4) is 0 Å². The summed E-state index contributed by atoms with van der Waals surface area (Å²) in [6, 6.07) is 5.97. The highest BCUT2D eigenvalue weighted by Gasteiger charge is 2.14. The zero-order chi connectivity index (χ0) is 13.3. The predicted octanol–water partition coefficient (Wildman–Crippen LogP) is 2.18. The summed E-state index contributed by atoms with van der Waals surface area (Å²) in [7, 11) is 1.37. The number of nitrogens with zero attached hydrogens (tertiary/aromatic N) is 1.